The number of allylic oxidation sites excluding steroid dienone is 9. The van der Waals surface area contributed by atoms with E-state index in [1.165, 1.54) is 12.1 Å². The number of nitrogens with two attached hydrogens (primary N) is 1. The highest BCUT2D eigenvalue weighted by Crippen LogP contribution is 2.27. The third kappa shape index (κ3) is 7.77. The van der Waals surface area contributed by atoms with Gasteiger partial charge in [0, 0.05) is 35.3 Å². The Bertz CT molecular complexity index is 1480. The summed E-state index contributed by atoms with van der Waals surface area (Å²) in [6, 6.07) is 8.22. The number of nitrogens with one attached hydrogen (secondary N) is 2. The summed E-state index contributed by atoms with van der Waals surface area (Å²) in [5, 5.41) is 3.35. The Hall–Kier alpha value is -4.45. The maximum absolute atomic E-state index is 13.9. The topological polar surface area (TPSA) is 79.6 Å². The lowest BCUT2D eigenvalue weighted by atomic mass is 9.99. The van der Waals surface area contributed by atoms with Crippen LogP contribution in [0.15, 0.2) is 120 Å². The number of H-pyrrole nitrogens is 1. The molecule has 0 atom stereocenters. The van der Waals surface area contributed by atoms with Crippen LogP contribution >= 0.6 is 0 Å². The standard InChI is InChI=1S/C33H38FN5/c1-7-11-13-23(6)37-28(9-3)20-24(8-2)22(5)18-26(29(35)10-4)21-31-38-30-16-17-36-32(33(30)39-31)25-14-12-15-27(34)19-25/h8-10,12,14-20,37H,3,5-7,11,13,21,35H2,1-2,4H3,(H,38,39)/b24-8+,26-18-,28-20+,29-10+. The second-order valence-corrected chi connectivity index (χ2v) is 9.25. The summed E-state index contributed by atoms with van der Waals surface area (Å²) in [7, 11) is 0. The Balaban J connectivity index is 1.91. The number of aromatic nitrogens is 3. The summed E-state index contributed by atoms with van der Waals surface area (Å²) in [5.74, 6) is 0.401. The summed E-state index contributed by atoms with van der Waals surface area (Å²) in [4.78, 5) is 12.7. The Morgan fingerprint density at radius 1 is 1.15 bits per heavy atom. The SMILES string of the molecule is C=C/C(=C\C(=C/C)C(=C)/C=C(Cc1nc2c(-c3cccc(F)c3)nccc2[nH]1)\C(N)=C/C)NC(=C)CCCC. The van der Waals surface area contributed by atoms with Crippen molar-refractivity contribution in [2.75, 3.05) is 0 Å². The number of nitrogens with zero attached hydrogens (tertiary/aromatic N) is 2. The summed E-state index contributed by atoms with van der Waals surface area (Å²) < 4.78 is 13.9. The van der Waals surface area contributed by atoms with E-state index in [9.17, 15) is 4.39 Å². The van der Waals surface area contributed by atoms with Crippen molar-refractivity contribution in [3.63, 3.8) is 0 Å². The molecule has 0 aliphatic rings. The molecule has 3 rings (SSSR count). The monoisotopic (exact) mass is 523 g/mol. The number of halogens is 1. The molecule has 0 spiro atoms. The van der Waals surface area contributed by atoms with Gasteiger partial charge >= 0.3 is 0 Å². The number of rotatable bonds is 13. The van der Waals surface area contributed by atoms with Gasteiger partial charge in [0.2, 0.25) is 0 Å². The third-order valence-electron chi connectivity index (χ3n) is 6.30. The normalized spacial score (nSPS) is 13.0. The van der Waals surface area contributed by atoms with Crippen LogP contribution in [0.25, 0.3) is 22.3 Å². The summed E-state index contributed by atoms with van der Waals surface area (Å²) in [5.41, 5.74) is 14.2. The number of hydrogen-bond acceptors (Lipinski definition) is 4. The van der Waals surface area contributed by atoms with Gasteiger partial charge in [0.05, 0.1) is 11.2 Å². The van der Waals surface area contributed by atoms with E-state index in [1.807, 2.05) is 50.3 Å². The van der Waals surface area contributed by atoms with Crippen LogP contribution in [0.2, 0.25) is 0 Å². The first-order chi connectivity index (χ1) is 18.8. The zero-order valence-corrected chi connectivity index (χ0v) is 23.2. The molecular formula is C33H38FN5. The predicted octanol–water partition coefficient (Wildman–Crippen LogP) is 7.96. The van der Waals surface area contributed by atoms with E-state index in [-0.39, 0.29) is 5.82 Å². The molecule has 0 aliphatic carbocycles. The number of aromatic amines is 1. The second-order valence-electron chi connectivity index (χ2n) is 9.25. The molecule has 0 fully saturated rings. The highest BCUT2D eigenvalue weighted by molar-refractivity contribution is 5.89. The fourth-order valence-electron chi connectivity index (χ4n) is 4.14. The molecule has 2 heterocycles. The van der Waals surface area contributed by atoms with Crippen LogP contribution in [-0.2, 0) is 6.42 Å². The van der Waals surface area contributed by atoms with Crippen molar-refractivity contribution in [3.8, 4) is 11.3 Å². The molecule has 5 nitrogen and oxygen atoms in total. The van der Waals surface area contributed by atoms with Crippen molar-refractivity contribution in [1.82, 2.24) is 20.3 Å². The van der Waals surface area contributed by atoms with Gasteiger partial charge in [-0.2, -0.15) is 0 Å². The lowest BCUT2D eigenvalue weighted by Crippen LogP contribution is -2.11. The molecule has 0 radical (unpaired) electrons. The average molecular weight is 524 g/mol. The number of imidazole rings is 1. The minimum Gasteiger partial charge on any atom is -0.399 e. The Morgan fingerprint density at radius 2 is 1.95 bits per heavy atom. The molecular weight excluding hydrogens is 485 g/mol. The van der Waals surface area contributed by atoms with Gasteiger partial charge in [-0.15, -0.1) is 0 Å². The molecule has 39 heavy (non-hydrogen) atoms. The Labute approximate surface area is 231 Å². The highest BCUT2D eigenvalue weighted by Gasteiger charge is 2.14. The highest BCUT2D eigenvalue weighted by atomic mass is 19.1. The molecule has 202 valence electrons. The van der Waals surface area contributed by atoms with Crippen LogP contribution in [0.3, 0.4) is 0 Å². The minimum atomic E-state index is -0.319. The van der Waals surface area contributed by atoms with Gasteiger partial charge < -0.3 is 16.0 Å². The summed E-state index contributed by atoms with van der Waals surface area (Å²) in [6.07, 6.45) is 14.9. The van der Waals surface area contributed by atoms with Crippen LogP contribution < -0.4 is 11.1 Å². The van der Waals surface area contributed by atoms with Crippen molar-refractivity contribution in [2.45, 2.75) is 46.5 Å². The Kier molecular flexibility index (Phi) is 10.4. The minimum absolute atomic E-state index is 0.319. The molecule has 0 bridgehead atoms. The van der Waals surface area contributed by atoms with Crippen molar-refractivity contribution in [2.24, 2.45) is 5.73 Å². The van der Waals surface area contributed by atoms with Crippen LogP contribution in [0, 0.1) is 5.82 Å². The molecule has 0 unspecified atom stereocenters. The number of hydrogen-bond donors (Lipinski definition) is 3. The fraction of sp³-hybridized carbons (Fsp3) is 0.212. The molecule has 0 saturated carbocycles. The molecule has 1 aromatic carbocycles. The number of pyridine rings is 1. The maximum Gasteiger partial charge on any atom is 0.123 e. The first kappa shape index (κ1) is 29.1. The smallest absolute Gasteiger partial charge is 0.123 e. The molecule has 0 aliphatic heterocycles. The molecule has 2 aromatic heterocycles. The lowest BCUT2D eigenvalue weighted by Gasteiger charge is -2.13. The fourth-order valence-corrected chi connectivity index (χ4v) is 4.14. The third-order valence-corrected chi connectivity index (χ3v) is 6.30. The molecule has 4 N–H and O–H groups in total. The van der Waals surface area contributed by atoms with Gasteiger partial charge in [-0.1, -0.05) is 57.4 Å². The molecule has 0 amide bonds. The van der Waals surface area contributed by atoms with Gasteiger partial charge in [-0.25, -0.2) is 9.37 Å². The van der Waals surface area contributed by atoms with Crippen LogP contribution in [0.5, 0.6) is 0 Å². The lowest BCUT2D eigenvalue weighted by molar-refractivity contribution is 0.628. The number of benzene rings is 1. The zero-order valence-electron chi connectivity index (χ0n) is 23.2. The zero-order chi connectivity index (χ0) is 28.4. The Morgan fingerprint density at radius 3 is 2.62 bits per heavy atom. The first-order valence-electron chi connectivity index (χ1n) is 13.2. The largest absolute Gasteiger partial charge is 0.399 e. The number of unbranched alkanes of at least 4 members (excludes halogenated alkanes) is 1. The van der Waals surface area contributed by atoms with Crippen LogP contribution in [0.4, 0.5) is 4.39 Å². The van der Waals surface area contributed by atoms with Crippen LogP contribution in [-0.4, -0.2) is 15.0 Å². The van der Waals surface area contributed by atoms with Gasteiger partial charge in [0.1, 0.15) is 17.2 Å². The maximum atomic E-state index is 13.9. The van der Waals surface area contributed by atoms with E-state index in [2.05, 4.69) is 41.9 Å². The van der Waals surface area contributed by atoms with E-state index in [1.54, 1.807) is 18.3 Å². The van der Waals surface area contributed by atoms with Gasteiger partial charge in [-0.3, -0.25) is 4.98 Å². The first-order valence-corrected chi connectivity index (χ1v) is 13.2. The second kappa shape index (κ2) is 13.9. The van der Waals surface area contributed by atoms with E-state index in [0.717, 1.165) is 58.7 Å². The van der Waals surface area contributed by atoms with Gasteiger partial charge in [0.15, 0.2) is 0 Å². The molecule has 3 aromatic rings. The molecule has 6 heteroatoms. The van der Waals surface area contributed by atoms with Gasteiger partial charge in [-0.05, 0) is 79.8 Å². The van der Waals surface area contributed by atoms with Gasteiger partial charge in [0.25, 0.3) is 0 Å². The quantitative estimate of drug-likeness (QED) is 0.199. The summed E-state index contributed by atoms with van der Waals surface area (Å²) in [6.45, 7) is 18.4. The van der Waals surface area contributed by atoms with Crippen molar-refractivity contribution in [3.05, 3.63) is 132 Å². The van der Waals surface area contributed by atoms with Crippen molar-refractivity contribution in [1.29, 1.82) is 0 Å². The van der Waals surface area contributed by atoms with E-state index in [4.69, 9.17) is 10.7 Å². The van der Waals surface area contributed by atoms with Crippen molar-refractivity contribution >= 4 is 11.0 Å². The van der Waals surface area contributed by atoms with E-state index in [0.29, 0.717) is 28.9 Å². The predicted molar refractivity (Wildman–Crippen MR) is 162 cm³/mol. The van der Waals surface area contributed by atoms with Crippen molar-refractivity contribution < 1.29 is 4.39 Å². The molecule has 0 saturated heterocycles. The van der Waals surface area contributed by atoms with E-state index < -0.39 is 0 Å². The van der Waals surface area contributed by atoms with Crippen LogP contribution in [0.1, 0.15) is 45.9 Å². The average Bonchev–Trinajstić information content (AvgIpc) is 3.35. The number of fused-ring (bicyclic) bond motifs is 1. The summed E-state index contributed by atoms with van der Waals surface area (Å²) >= 11 is 0. The van der Waals surface area contributed by atoms with E-state index >= 15 is 0 Å².